The summed E-state index contributed by atoms with van der Waals surface area (Å²) in [4.78, 5) is 14.4. The second-order valence-electron chi connectivity index (χ2n) is 6.32. The highest BCUT2D eigenvalue weighted by Gasteiger charge is 2.33. The second kappa shape index (κ2) is 8.63. The maximum atomic E-state index is 12.0. The summed E-state index contributed by atoms with van der Waals surface area (Å²) in [6.45, 7) is 6.30. The van der Waals surface area contributed by atoms with Crippen molar-refractivity contribution in [2.75, 3.05) is 33.8 Å². The number of carbonyl (C=O) groups is 1. The van der Waals surface area contributed by atoms with E-state index in [0.29, 0.717) is 6.61 Å². The van der Waals surface area contributed by atoms with E-state index < -0.39 is 5.54 Å². The van der Waals surface area contributed by atoms with Gasteiger partial charge in [0, 0.05) is 13.1 Å². The molecule has 4 nitrogen and oxygen atoms in total. The van der Waals surface area contributed by atoms with Crippen LogP contribution >= 0.6 is 0 Å². The Hall–Kier alpha value is -0.610. The number of esters is 1. The van der Waals surface area contributed by atoms with Gasteiger partial charge in [-0.1, -0.05) is 19.3 Å². The monoisotopic (exact) mass is 284 g/mol. The van der Waals surface area contributed by atoms with Gasteiger partial charge in [-0.05, 0) is 53.1 Å². The van der Waals surface area contributed by atoms with E-state index in [0.717, 1.165) is 25.4 Å². The fourth-order valence-electron chi connectivity index (χ4n) is 2.94. The first-order chi connectivity index (χ1) is 9.51. The van der Waals surface area contributed by atoms with Crippen molar-refractivity contribution in [2.45, 2.75) is 57.9 Å². The molecule has 0 aromatic rings. The minimum absolute atomic E-state index is 0.145. The van der Waals surface area contributed by atoms with Crippen LogP contribution in [0.4, 0.5) is 0 Å². The second-order valence-corrected chi connectivity index (χ2v) is 6.32. The average Bonchev–Trinajstić information content (AvgIpc) is 2.46. The van der Waals surface area contributed by atoms with Crippen molar-refractivity contribution >= 4 is 5.97 Å². The van der Waals surface area contributed by atoms with Crippen LogP contribution in [0, 0.1) is 5.92 Å². The first kappa shape index (κ1) is 17.4. The Balaban J connectivity index is 2.36. The number of nitrogens with zero attached hydrogens (tertiary/aromatic N) is 1. The zero-order valence-corrected chi connectivity index (χ0v) is 13.7. The van der Waals surface area contributed by atoms with Crippen molar-refractivity contribution in [3.8, 4) is 0 Å². The molecule has 0 radical (unpaired) electrons. The molecule has 1 saturated carbocycles. The van der Waals surface area contributed by atoms with E-state index in [4.69, 9.17) is 4.74 Å². The largest absolute Gasteiger partial charge is 0.465 e. The van der Waals surface area contributed by atoms with E-state index >= 15 is 0 Å². The zero-order chi connectivity index (χ0) is 15.0. The van der Waals surface area contributed by atoms with Crippen molar-refractivity contribution in [2.24, 2.45) is 5.92 Å². The maximum absolute atomic E-state index is 12.0. The van der Waals surface area contributed by atoms with Crippen LogP contribution in [0.1, 0.15) is 52.4 Å². The molecular weight excluding hydrogens is 252 g/mol. The highest BCUT2D eigenvalue weighted by Crippen LogP contribution is 2.24. The number of likely N-dealkylation sites (N-methyl/N-ethyl adjacent to an activating group) is 1. The van der Waals surface area contributed by atoms with E-state index in [1.54, 1.807) is 0 Å². The molecule has 20 heavy (non-hydrogen) atoms. The number of nitrogens with one attached hydrogen (secondary N) is 1. The lowest BCUT2D eigenvalue weighted by atomic mass is 9.89. The van der Waals surface area contributed by atoms with Gasteiger partial charge in [-0.15, -0.1) is 0 Å². The molecule has 1 aliphatic rings. The number of carbonyl (C=O) groups excluding carboxylic acids is 1. The fraction of sp³-hybridized carbons (Fsp3) is 0.938. The third kappa shape index (κ3) is 5.41. The molecular formula is C16H32N2O2. The predicted octanol–water partition coefficient (Wildman–Crippen LogP) is 2.43. The van der Waals surface area contributed by atoms with Gasteiger partial charge in [0.05, 0.1) is 6.61 Å². The van der Waals surface area contributed by atoms with Gasteiger partial charge >= 0.3 is 5.97 Å². The number of hydrogen-bond donors (Lipinski definition) is 1. The minimum Gasteiger partial charge on any atom is -0.465 e. The number of rotatable bonds is 8. The molecule has 0 aromatic carbocycles. The van der Waals surface area contributed by atoms with Crippen LogP contribution in [0.25, 0.3) is 0 Å². The topological polar surface area (TPSA) is 41.6 Å². The van der Waals surface area contributed by atoms with Crippen molar-refractivity contribution < 1.29 is 9.53 Å². The summed E-state index contributed by atoms with van der Waals surface area (Å²) in [7, 11) is 3.99. The van der Waals surface area contributed by atoms with Gasteiger partial charge in [0.15, 0.2) is 0 Å². The highest BCUT2D eigenvalue weighted by molar-refractivity contribution is 5.80. The Bertz CT molecular complexity index is 290. The summed E-state index contributed by atoms with van der Waals surface area (Å²) in [6, 6.07) is 0. The van der Waals surface area contributed by atoms with Crippen LogP contribution in [0.15, 0.2) is 0 Å². The van der Waals surface area contributed by atoms with Crippen molar-refractivity contribution in [3.63, 3.8) is 0 Å². The van der Waals surface area contributed by atoms with Crippen LogP contribution in [0.3, 0.4) is 0 Å². The Kier molecular flexibility index (Phi) is 7.52. The van der Waals surface area contributed by atoms with Crippen LogP contribution in [0.2, 0.25) is 0 Å². The zero-order valence-electron chi connectivity index (χ0n) is 13.7. The van der Waals surface area contributed by atoms with Crippen molar-refractivity contribution in [1.82, 2.24) is 10.2 Å². The molecule has 1 atom stereocenters. The van der Waals surface area contributed by atoms with Crippen LogP contribution in [0.5, 0.6) is 0 Å². The molecule has 0 amide bonds. The summed E-state index contributed by atoms with van der Waals surface area (Å²) in [6.07, 6.45) is 7.69. The van der Waals surface area contributed by atoms with Crippen molar-refractivity contribution in [3.05, 3.63) is 0 Å². The summed E-state index contributed by atoms with van der Waals surface area (Å²) in [5.41, 5.74) is -0.573. The van der Waals surface area contributed by atoms with Gasteiger partial charge in [-0.25, -0.2) is 0 Å². The van der Waals surface area contributed by atoms with E-state index in [1.807, 2.05) is 20.9 Å². The molecule has 0 saturated heterocycles. The molecule has 1 unspecified atom stereocenters. The Morgan fingerprint density at radius 3 is 2.55 bits per heavy atom. The lowest BCUT2D eigenvalue weighted by Crippen LogP contribution is -2.50. The number of hydrogen-bond acceptors (Lipinski definition) is 4. The highest BCUT2D eigenvalue weighted by atomic mass is 16.5. The molecule has 0 heterocycles. The van der Waals surface area contributed by atoms with E-state index in [-0.39, 0.29) is 5.97 Å². The van der Waals surface area contributed by atoms with Gasteiger partial charge in [-0.3, -0.25) is 4.79 Å². The molecule has 1 N–H and O–H groups in total. The molecule has 118 valence electrons. The summed E-state index contributed by atoms with van der Waals surface area (Å²) in [5.74, 6) is 0.700. The first-order valence-corrected chi connectivity index (χ1v) is 8.06. The van der Waals surface area contributed by atoms with Gasteiger partial charge in [0.1, 0.15) is 5.54 Å². The quantitative estimate of drug-likeness (QED) is 0.695. The Labute approximate surface area is 124 Å². The van der Waals surface area contributed by atoms with Crippen LogP contribution < -0.4 is 5.32 Å². The first-order valence-electron chi connectivity index (χ1n) is 8.06. The molecule has 1 rings (SSSR count). The average molecular weight is 284 g/mol. The van der Waals surface area contributed by atoms with Gasteiger partial charge in [0.2, 0.25) is 0 Å². The van der Waals surface area contributed by atoms with Crippen molar-refractivity contribution in [1.29, 1.82) is 0 Å². The summed E-state index contributed by atoms with van der Waals surface area (Å²) in [5, 5.41) is 3.12. The van der Waals surface area contributed by atoms with Gasteiger partial charge < -0.3 is 15.0 Å². The molecule has 0 aliphatic heterocycles. The molecule has 4 heteroatoms. The Morgan fingerprint density at radius 1 is 1.35 bits per heavy atom. The third-order valence-corrected chi connectivity index (χ3v) is 4.57. The minimum atomic E-state index is -0.573. The molecule has 0 aromatic heterocycles. The third-order valence-electron chi connectivity index (χ3n) is 4.57. The molecule has 0 bridgehead atoms. The maximum Gasteiger partial charge on any atom is 0.326 e. The van der Waals surface area contributed by atoms with Gasteiger partial charge in [-0.2, -0.15) is 0 Å². The standard InChI is InChI=1S/C16H32N2O2/c1-5-20-15(19)16(2,17-3)11-12-18(4)13-14-9-7-6-8-10-14/h14,17H,5-13H2,1-4H3. The van der Waals surface area contributed by atoms with Crippen LogP contribution in [-0.4, -0.2) is 50.2 Å². The summed E-state index contributed by atoms with van der Waals surface area (Å²) < 4.78 is 5.16. The molecule has 0 spiro atoms. The lowest BCUT2D eigenvalue weighted by molar-refractivity contribution is -0.150. The Morgan fingerprint density at radius 2 is 2.00 bits per heavy atom. The van der Waals surface area contributed by atoms with E-state index in [1.165, 1.54) is 32.1 Å². The smallest absolute Gasteiger partial charge is 0.326 e. The lowest BCUT2D eigenvalue weighted by Gasteiger charge is -2.31. The summed E-state index contributed by atoms with van der Waals surface area (Å²) >= 11 is 0. The molecule has 1 aliphatic carbocycles. The SMILES string of the molecule is CCOC(=O)C(C)(CCN(C)CC1CCCCC1)NC. The predicted molar refractivity (Wildman–Crippen MR) is 82.8 cm³/mol. The van der Waals surface area contributed by atoms with Crippen LogP contribution in [-0.2, 0) is 9.53 Å². The molecule has 1 fully saturated rings. The normalized spacial score (nSPS) is 19.9. The fourth-order valence-corrected chi connectivity index (χ4v) is 2.94. The van der Waals surface area contributed by atoms with E-state index in [9.17, 15) is 4.79 Å². The van der Waals surface area contributed by atoms with E-state index in [2.05, 4.69) is 17.3 Å². The number of ether oxygens (including phenoxy) is 1. The van der Waals surface area contributed by atoms with Gasteiger partial charge in [0.25, 0.3) is 0 Å².